The third kappa shape index (κ3) is 5.53. The molecule has 2 aromatic heterocycles. The minimum Gasteiger partial charge on any atom is -0.484 e. The van der Waals surface area contributed by atoms with Gasteiger partial charge in [0.1, 0.15) is 23.2 Å². The van der Waals surface area contributed by atoms with Crippen molar-refractivity contribution in [3.8, 4) is 10.8 Å². The number of benzene rings is 2. The minimum absolute atomic E-state index is 0.0355. The van der Waals surface area contributed by atoms with Gasteiger partial charge in [-0.1, -0.05) is 24.3 Å². The molecule has 0 radical (unpaired) electrons. The monoisotopic (exact) mass is 536 g/mol. The molecule has 6 nitrogen and oxygen atoms in total. The lowest BCUT2D eigenvalue weighted by Crippen LogP contribution is -2.14. The number of carbonyl (C=O) groups excluding carboxylic acids is 1. The van der Waals surface area contributed by atoms with Gasteiger partial charge < -0.3 is 14.6 Å². The smallest absolute Gasteiger partial charge is 0.416 e. The first-order valence-corrected chi connectivity index (χ1v) is 12.9. The molecule has 11 heteroatoms. The second-order valence-electron chi connectivity index (χ2n) is 7.83. The SMILES string of the molecule is COC(=O)c1sc(-n2cnc3ccc(CSCCO)cc32)cc1O[C@H](C)c1ccccc1C(F)(F)F. The van der Waals surface area contributed by atoms with E-state index in [0.29, 0.717) is 16.5 Å². The molecule has 0 aliphatic carbocycles. The highest BCUT2D eigenvalue weighted by Crippen LogP contribution is 2.39. The number of aliphatic hydroxyl groups excluding tert-OH is 1. The molecule has 0 aliphatic rings. The standard InChI is InChI=1S/C25H23F3N2O4S2/c1-15(17-5-3-4-6-18(17)25(26,27)28)34-21-12-22(36-23(21)24(32)33-2)30-14-29-19-8-7-16(11-20(19)30)13-35-10-9-31/h3-8,11-12,14-15,31H,9-10,13H2,1-2H3/t15-/m1/s1. The zero-order valence-electron chi connectivity index (χ0n) is 19.4. The van der Waals surface area contributed by atoms with E-state index in [9.17, 15) is 18.0 Å². The van der Waals surface area contributed by atoms with Crippen LogP contribution in [0.25, 0.3) is 16.0 Å². The van der Waals surface area contributed by atoms with Gasteiger partial charge in [0, 0.05) is 23.1 Å². The van der Waals surface area contributed by atoms with Crippen LogP contribution < -0.4 is 4.74 Å². The molecule has 1 N–H and O–H groups in total. The number of hydrogen-bond donors (Lipinski definition) is 1. The van der Waals surface area contributed by atoms with Crippen molar-refractivity contribution in [1.29, 1.82) is 0 Å². The lowest BCUT2D eigenvalue weighted by molar-refractivity contribution is -0.139. The summed E-state index contributed by atoms with van der Waals surface area (Å²) in [6.07, 6.45) is -3.90. The predicted octanol–water partition coefficient (Wildman–Crippen LogP) is 6.26. The van der Waals surface area contributed by atoms with Gasteiger partial charge in [-0.2, -0.15) is 24.9 Å². The van der Waals surface area contributed by atoms with Crippen molar-refractivity contribution in [1.82, 2.24) is 9.55 Å². The van der Waals surface area contributed by atoms with Crippen LogP contribution in [0.5, 0.6) is 5.75 Å². The third-order valence-corrected chi connectivity index (χ3v) is 7.52. The number of aromatic nitrogens is 2. The summed E-state index contributed by atoms with van der Waals surface area (Å²) >= 11 is 2.70. The van der Waals surface area contributed by atoms with Crippen LogP contribution in [0.2, 0.25) is 0 Å². The number of aliphatic hydroxyl groups is 1. The largest absolute Gasteiger partial charge is 0.484 e. The number of nitrogens with zero attached hydrogens (tertiary/aromatic N) is 2. The number of ether oxygens (including phenoxy) is 2. The molecule has 0 amide bonds. The molecular weight excluding hydrogens is 513 g/mol. The number of rotatable bonds is 9. The molecule has 0 aliphatic heterocycles. The first kappa shape index (κ1) is 26.1. The van der Waals surface area contributed by atoms with Crippen molar-refractivity contribution < 1.29 is 32.5 Å². The summed E-state index contributed by atoms with van der Waals surface area (Å²) in [6.45, 7) is 1.61. The summed E-state index contributed by atoms with van der Waals surface area (Å²) in [6, 6.07) is 12.6. The number of imidazole rings is 1. The Hall–Kier alpha value is -3.02. The Morgan fingerprint density at radius 2 is 2.00 bits per heavy atom. The number of halogens is 3. The van der Waals surface area contributed by atoms with Crippen molar-refractivity contribution in [2.45, 2.75) is 25.0 Å². The van der Waals surface area contributed by atoms with Gasteiger partial charge in [-0.15, -0.1) is 11.3 Å². The van der Waals surface area contributed by atoms with E-state index in [1.165, 1.54) is 32.2 Å². The quantitative estimate of drug-likeness (QED) is 0.201. The van der Waals surface area contributed by atoms with Crippen LogP contribution in [0.1, 0.15) is 39.4 Å². The van der Waals surface area contributed by atoms with E-state index in [0.717, 1.165) is 34.0 Å². The van der Waals surface area contributed by atoms with E-state index in [4.69, 9.17) is 14.6 Å². The van der Waals surface area contributed by atoms with Crippen LogP contribution in [-0.2, 0) is 16.7 Å². The van der Waals surface area contributed by atoms with Gasteiger partial charge in [0.15, 0.2) is 4.88 Å². The molecule has 4 rings (SSSR count). The zero-order chi connectivity index (χ0) is 25.9. The minimum atomic E-state index is -4.54. The Morgan fingerprint density at radius 1 is 1.22 bits per heavy atom. The van der Waals surface area contributed by atoms with Crippen LogP contribution in [0.3, 0.4) is 0 Å². The first-order chi connectivity index (χ1) is 17.2. The third-order valence-electron chi connectivity index (χ3n) is 5.42. The van der Waals surface area contributed by atoms with E-state index in [1.54, 1.807) is 28.7 Å². The highest BCUT2D eigenvalue weighted by atomic mass is 32.2. The predicted molar refractivity (Wildman–Crippen MR) is 134 cm³/mol. The van der Waals surface area contributed by atoms with Crippen LogP contribution in [-0.4, -0.2) is 40.1 Å². The van der Waals surface area contributed by atoms with E-state index in [-0.39, 0.29) is 22.8 Å². The summed E-state index contributed by atoms with van der Waals surface area (Å²) in [5, 5.41) is 9.62. The fraction of sp³-hybridized carbons (Fsp3) is 0.280. The zero-order valence-corrected chi connectivity index (χ0v) is 21.0. The van der Waals surface area contributed by atoms with Crippen molar-refractivity contribution in [2.24, 2.45) is 0 Å². The van der Waals surface area contributed by atoms with Gasteiger partial charge in [-0.05, 0) is 30.7 Å². The molecule has 4 aromatic rings. The van der Waals surface area contributed by atoms with E-state index in [1.807, 2.05) is 18.2 Å². The van der Waals surface area contributed by atoms with E-state index < -0.39 is 23.8 Å². The first-order valence-electron chi connectivity index (χ1n) is 10.9. The number of methoxy groups -OCH3 is 1. The highest BCUT2D eigenvalue weighted by molar-refractivity contribution is 7.98. The Balaban J connectivity index is 1.70. The summed E-state index contributed by atoms with van der Waals surface area (Å²) in [4.78, 5) is 17.1. The summed E-state index contributed by atoms with van der Waals surface area (Å²) in [5.41, 5.74) is 1.76. The average Bonchev–Trinajstić information content (AvgIpc) is 3.47. The lowest BCUT2D eigenvalue weighted by atomic mass is 10.0. The van der Waals surface area contributed by atoms with Gasteiger partial charge in [0.2, 0.25) is 0 Å². The maximum Gasteiger partial charge on any atom is 0.416 e. The second-order valence-corrected chi connectivity index (χ2v) is 9.96. The number of fused-ring (bicyclic) bond motifs is 1. The van der Waals surface area contributed by atoms with Gasteiger partial charge >= 0.3 is 12.1 Å². The number of esters is 1. The molecule has 1 atom stereocenters. The summed E-state index contributed by atoms with van der Waals surface area (Å²) < 4.78 is 53.2. The molecule has 0 spiro atoms. The van der Waals surface area contributed by atoms with Crippen molar-refractivity contribution in [3.63, 3.8) is 0 Å². The fourth-order valence-electron chi connectivity index (χ4n) is 3.74. The van der Waals surface area contributed by atoms with E-state index >= 15 is 0 Å². The van der Waals surface area contributed by atoms with Gasteiger partial charge in [0.05, 0.1) is 30.3 Å². The Bertz CT molecular complexity index is 1370. The second kappa shape index (κ2) is 10.9. The van der Waals surface area contributed by atoms with Gasteiger partial charge in [0.25, 0.3) is 0 Å². The van der Waals surface area contributed by atoms with Crippen molar-refractivity contribution in [2.75, 3.05) is 19.5 Å². The molecule has 190 valence electrons. The Kier molecular flexibility index (Phi) is 7.91. The Morgan fingerprint density at radius 3 is 2.72 bits per heavy atom. The average molecular weight is 537 g/mol. The number of alkyl halides is 3. The summed E-state index contributed by atoms with van der Waals surface area (Å²) in [5.74, 6) is 0.816. The molecule has 0 fully saturated rings. The number of thioether (sulfide) groups is 1. The van der Waals surface area contributed by atoms with Crippen LogP contribution in [0, 0.1) is 0 Å². The number of carbonyl (C=O) groups is 1. The summed E-state index contributed by atoms with van der Waals surface area (Å²) in [7, 11) is 1.23. The fourth-order valence-corrected chi connectivity index (χ4v) is 5.42. The maximum atomic E-state index is 13.5. The molecule has 0 saturated heterocycles. The molecule has 2 aromatic carbocycles. The molecule has 36 heavy (non-hydrogen) atoms. The van der Waals surface area contributed by atoms with Crippen LogP contribution in [0.4, 0.5) is 13.2 Å². The maximum absolute atomic E-state index is 13.5. The normalized spacial score (nSPS) is 12.6. The number of thiophene rings is 1. The van der Waals surface area contributed by atoms with Crippen LogP contribution >= 0.6 is 23.1 Å². The lowest BCUT2D eigenvalue weighted by Gasteiger charge is -2.19. The Labute approximate surface area is 213 Å². The van der Waals surface area contributed by atoms with E-state index in [2.05, 4.69) is 4.98 Å². The molecule has 0 unspecified atom stereocenters. The molecule has 2 heterocycles. The van der Waals surface area contributed by atoms with Crippen molar-refractivity contribution in [3.05, 3.63) is 76.4 Å². The molecular formula is C25H23F3N2O4S2. The van der Waals surface area contributed by atoms with Crippen molar-refractivity contribution >= 4 is 40.1 Å². The van der Waals surface area contributed by atoms with Crippen LogP contribution in [0.15, 0.2) is 54.9 Å². The topological polar surface area (TPSA) is 73.6 Å². The van der Waals surface area contributed by atoms with Gasteiger partial charge in [-0.3, -0.25) is 4.57 Å². The van der Waals surface area contributed by atoms with Gasteiger partial charge in [-0.25, -0.2) is 9.78 Å². The molecule has 0 saturated carbocycles. The molecule has 0 bridgehead atoms. The number of hydrogen-bond acceptors (Lipinski definition) is 7. The highest BCUT2D eigenvalue weighted by Gasteiger charge is 2.35.